The lowest BCUT2D eigenvalue weighted by Crippen LogP contribution is -2.34. The zero-order chi connectivity index (χ0) is 17.4. The number of aromatic amines is 1. The third-order valence-electron chi connectivity index (χ3n) is 5.15. The Balaban J connectivity index is 1.75. The maximum atomic E-state index is 12.2. The molecule has 4 rings (SSSR count). The number of benzene rings is 1. The molecule has 1 aromatic carbocycles. The Morgan fingerprint density at radius 3 is 2.92 bits per heavy atom. The van der Waals surface area contributed by atoms with E-state index < -0.39 is 0 Å². The second kappa shape index (κ2) is 6.45. The minimum Gasteiger partial charge on any atom is -0.343 e. The number of aryl methyl sites for hydroxylation is 2. The zero-order valence-electron chi connectivity index (χ0n) is 14.7. The molecule has 25 heavy (non-hydrogen) atoms. The Kier molecular flexibility index (Phi) is 4.14. The van der Waals surface area contributed by atoms with Crippen LogP contribution in [0.3, 0.4) is 0 Å². The fraction of sp³-hybridized carbons (Fsp3) is 0.333. The van der Waals surface area contributed by atoms with Crippen molar-refractivity contribution in [3.63, 3.8) is 0 Å². The van der Waals surface area contributed by atoms with Crippen LogP contribution in [0.2, 0.25) is 0 Å². The number of aromatic nitrogens is 2. The van der Waals surface area contributed by atoms with Crippen LogP contribution >= 0.6 is 0 Å². The lowest BCUT2D eigenvalue weighted by molar-refractivity contribution is -0.122. The SMILES string of the molecule is CCc1c(C)[nH]c2ncc(-c3cccc(C4NCCCC4=O)c3)cc12. The number of piperidine rings is 1. The first-order valence-electron chi connectivity index (χ1n) is 9.01. The maximum absolute atomic E-state index is 12.2. The molecule has 3 heterocycles. The molecule has 2 N–H and O–H groups in total. The van der Waals surface area contributed by atoms with Crippen molar-refractivity contribution in [2.24, 2.45) is 0 Å². The van der Waals surface area contributed by atoms with Gasteiger partial charge in [0.1, 0.15) is 5.65 Å². The number of nitrogens with zero attached hydrogens (tertiary/aromatic N) is 1. The number of pyridine rings is 1. The number of rotatable bonds is 3. The third kappa shape index (κ3) is 2.87. The zero-order valence-corrected chi connectivity index (χ0v) is 14.7. The third-order valence-corrected chi connectivity index (χ3v) is 5.15. The van der Waals surface area contributed by atoms with Gasteiger partial charge in [0.2, 0.25) is 0 Å². The first kappa shape index (κ1) is 16.0. The molecule has 1 atom stereocenters. The van der Waals surface area contributed by atoms with E-state index in [0.717, 1.165) is 41.7 Å². The Morgan fingerprint density at radius 2 is 2.12 bits per heavy atom. The van der Waals surface area contributed by atoms with Gasteiger partial charge in [-0.1, -0.05) is 25.1 Å². The molecule has 1 unspecified atom stereocenters. The number of carbonyl (C=O) groups excluding carboxylic acids is 1. The molecule has 128 valence electrons. The van der Waals surface area contributed by atoms with Crippen LogP contribution in [0.1, 0.15) is 42.6 Å². The van der Waals surface area contributed by atoms with Crippen molar-refractivity contribution in [3.8, 4) is 11.1 Å². The molecule has 0 spiro atoms. The number of ketones is 1. The molecule has 1 aliphatic rings. The lowest BCUT2D eigenvalue weighted by atomic mass is 9.93. The Morgan fingerprint density at radius 1 is 1.24 bits per heavy atom. The van der Waals surface area contributed by atoms with Crippen molar-refractivity contribution in [1.29, 1.82) is 0 Å². The van der Waals surface area contributed by atoms with Crippen LogP contribution in [0.4, 0.5) is 0 Å². The van der Waals surface area contributed by atoms with Crippen LogP contribution in [0, 0.1) is 6.92 Å². The summed E-state index contributed by atoms with van der Waals surface area (Å²) in [7, 11) is 0. The molecule has 0 radical (unpaired) electrons. The normalized spacial score (nSPS) is 18.0. The minimum atomic E-state index is -0.175. The average molecular weight is 333 g/mol. The average Bonchev–Trinajstić information content (AvgIpc) is 2.96. The molecule has 1 saturated heterocycles. The number of carbonyl (C=O) groups is 1. The molecule has 4 nitrogen and oxygen atoms in total. The summed E-state index contributed by atoms with van der Waals surface area (Å²) < 4.78 is 0. The topological polar surface area (TPSA) is 57.8 Å². The summed E-state index contributed by atoms with van der Waals surface area (Å²) in [5, 5.41) is 4.53. The first-order valence-corrected chi connectivity index (χ1v) is 9.01. The predicted molar refractivity (Wildman–Crippen MR) is 101 cm³/mol. The summed E-state index contributed by atoms with van der Waals surface area (Å²) in [6.45, 7) is 5.17. The second-order valence-electron chi connectivity index (χ2n) is 6.78. The maximum Gasteiger partial charge on any atom is 0.154 e. The van der Waals surface area contributed by atoms with Gasteiger partial charge < -0.3 is 10.3 Å². The first-order chi connectivity index (χ1) is 12.2. The van der Waals surface area contributed by atoms with Gasteiger partial charge in [0, 0.05) is 29.3 Å². The number of fused-ring (bicyclic) bond motifs is 1. The molecule has 0 aliphatic carbocycles. The van der Waals surface area contributed by atoms with E-state index in [9.17, 15) is 4.79 Å². The monoisotopic (exact) mass is 333 g/mol. The molecule has 2 aromatic heterocycles. The van der Waals surface area contributed by atoms with E-state index in [1.807, 2.05) is 18.3 Å². The summed E-state index contributed by atoms with van der Waals surface area (Å²) in [5.41, 5.74) is 6.69. The van der Waals surface area contributed by atoms with Gasteiger partial charge in [0.15, 0.2) is 5.78 Å². The highest BCUT2D eigenvalue weighted by molar-refractivity contribution is 5.88. The number of H-pyrrole nitrogens is 1. The second-order valence-corrected chi connectivity index (χ2v) is 6.78. The van der Waals surface area contributed by atoms with Gasteiger partial charge in [-0.25, -0.2) is 4.98 Å². The van der Waals surface area contributed by atoms with Gasteiger partial charge in [-0.15, -0.1) is 0 Å². The van der Waals surface area contributed by atoms with E-state index in [4.69, 9.17) is 0 Å². The molecule has 0 amide bonds. The van der Waals surface area contributed by atoms with E-state index in [1.165, 1.54) is 16.6 Å². The number of hydrogen-bond donors (Lipinski definition) is 2. The van der Waals surface area contributed by atoms with E-state index in [2.05, 4.69) is 47.3 Å². The highest BCUT2D eigenvalue weighted by Crippen LogP contribution is 2.29. The van der Waals surface area contributed by atoms with Crippen LogP contribution in [0.25, 0.3) is 22.2 Å². The molecule has 4 heteroatoms. The van der Waals surface area contributed by atoms with Crippen LogP contribution < -0.4 is 5.32 Å². The number of hydrogen-bond acceptors (Lipinski definition) is 3. The lowest BCUT2D eigenvalue weighted by Gasteiger charge is -2.23. The van der Waals surface area contributed by atoms with Crippen LogP contribution in [0.15, 0.2) is 36.5 Å². The molecular formula is C21H23N3O. The number of Topliss-reactive ketones (excluding diaryl/α,β-unsaturated/α-hetero) is 1. The Labute approximate surface area is 147 Å². The fourth-order valence-corrected chi connectivity index (χ4v) is 3.83. The molecule has 1 fully saturated rings. The largest absolute Gasteiger partial charge is 0.343 e. The van der Waals surface area contributed by atoms with Crippen molar-refractivity contribution in [2.75, 3.05) is 6.54 Å². The smallest absolute Gasteiger partial charge is 0.154 e. The fourth-order valence-electron chi connectivity index (χ4n) is 3.83. The summed E-state index contributed by atoms with van der Waals surface area (Å²) >= 11 is 0. The van der Waals surface area contributed by atoms with Gasteiger partial charge in [0.05, 0.1) is 6.04 Å². The summed E-state index contributed by atoms with van der Waals surface area (Å²) in [6.07, 6.45) is 4.49. The molecule has 0 saturated carbocycles. The van der Waals surface area contributed by atoms with Crippen LogP contribution in [-0.2, 0) is 11.2 Å². The molecule has 1 aliphatic heterocycles. The van der Waals surface area contributed by atoms with Gasteiger partial charge in [0.25, 0.3) is 0 Å². The van der Waals surface area contributed by atoms with Crippen molar-refractivity contribution in [1.82, 2.24) is 15.3 Å². The standard InChI is InChI=1S/C21H23N3O/c1-3-17-13(2)24-21-18(17)11-16(12-23-21)14-6-4-7-15(10-14)20-19(25)8-5-9-22-20/h4,6-7,10-12,20,22H,3,5,8-9H2,1-2H3,(H,23,24). The quantitative estimate of drug-likeness (QED) is 0.759. The summed E-state index contributed by atoms with van der Waals surface area (Å²) in [5.74, 6) is 0.284. The van der Waals surface area contributed by atoms with Crippen LogP contribution in [-0.4, -0.2) is 22.3 Å². The Hall–Kier alpha value is -2.46. The van der Waals surface area contributed by atoms with Crippen molar-refractivity contribution < 1.29 is 4.79 Å². The highest BCUT2D eigenvalue weighted by atomic mass is 16.1. The Bertz CT molecular complexity index is 941. The summed E-state index contributed by atoms with van der Waals surface area (Å²) in [4.78, 5) is 20.2. The van der Waals surface area contributed by atoms with Crippen molar-refractivity contribution in [3.05, 3.63) is 53.3 Å². The van der Waals surface area contributed by atoms with E-state index in [-0.39, 0.29) is 11.8 Å². The van der Waals surface area contributed by atoms with Crippen LogP contribution in [0.5, 0.6) is 0 Å². The highest BCUT2D eigenvalue weighted by Gasteiger charge is 2.23. The van der Waals surface area contributed by atoms with Gasteiger partial charge in [-0.3, -0.25) is 4.79 Å². The van der Waals surface area contributed by atoms with E-state index in [0.29, 0.717) is 6.42 Å². The predicted octanol–water partition coefficient (Wildman–Crippen LogP) is 4.09. The van der Waals surface area contributed by atoms with Crippen molar-refractivity contribution in [2.45, 2.75) is 39.2 Å². The van der Waals surface area contributed by atoms with Gasteiger partial charge in [-0.05, 0) is 55.1 Å². The van der Waals surface area contributed by atoms with Gasteiger partial charge >= 0.3 is 0 Å². The van der Waals surface area contributed by atoms with Gasteiger partial charge in [-0.2, -0.15) is 0 Å². The molecule has 0 bridgehead atoms. The minimum absolute atomic E-state index is 0.175. The summed E-state index contributed by atoms with van der Waals surface area (Å²) in [6, 6.07) is 10.3. The molecular weight excluding hydrogens is 310 g/mol. The van der Waals surface area contributed by atoms with E-state index >= 15 is 0 Å². The molecule has 3 aromatic rings. The van der Waals surface area contributed by atoms with Crippen molar-refractivity contribution >= 4 is 16.8 Å². The number of nitrogens with one attached hydrogen (secondary N) is 2. The van der Waals surface area contributed by atoms with E-state index in [1.54, 1.807) is 0 Å².